The van der Waals surface area contributed by atoms with Gasteiger partial charge in [-0.3, -0.25) is 0 Å². The Bertz CT molecular complexity index is 195. The van der Waals surface area contributed by atoms with Crippen molar-refractivity contribution >= 4 is 10.0 Å². The van der Waals surface area contributed by atoms with Crippen molar-refractivity contribution in [1.82, 2.24) is 4.72 Å². The fourth-order valence-electron chi connectivity index (χ4n) is 0.534. The van der Waals surface area contributed by atoms with Crippen LogP contribution in [0.25, 0.3) is 0 Å². The number of hydrogen-bond donors (Lipinski definition) is 2. The van der Waals surface area contributed by atoms with Gasteiger partial charge in [0.1, 0.15) is 0 Å². The molecule has 0 aliphatic rings. The molecule has 0 aliphatic carbocycles. The van der Waals surface area contributed by atoms with Crippen LogP contribution in [0.1, 0.15) is 13.8 Å². The molecule has 0 bridgehead atoms. The van der Waals surface area contributed by atoms with Gasteiger partial charge >= 0.3 is 0 Å². The van der Waals surface area contributed by atoms with E-state index in [4.69, 9.17) is 5.11 Å². The molecule has 0 rings (SSSR count). The molecule has 0 aliphatic heterocycles. The van der Waals surface area contributed by atoms with Crippen LogP contribution in [0.3, 0.4) is 0 Å². The van der Waals surface area contributed by atoms with E-state index in [2.05, 4.69) is 4.72 Å². The molecule has 0 atom stereocenters. The van der Waals surface area contributed by atoms with Gasteiger partial charge in [-0.25, -0.2) is 13.1 Å². The second-order valence-electron chi connectivity index (χ2n) is 2.92. The number of hydrogen-bond acceptors (Lipinski definition) is 3. The lowest BCUT2D eigenvalue weighted by Crippen LogP contribution is -2.45. The third kappa shape index (κ3) is 4.72. The maximum atomic E-state index is 10.6. The fourth-order valence-corrected chi connectivity index (χ4v) is 1.60. The van der Waals surface area contributed by atoms with E-state index < -0.39 is 15.6 Å². The molecule has 0 saturated carbocycles. The van der Waals surface area contributed by atoms with Gasteiger partial charge in [0.25, 0.3) is 0 Å². The van der Waals surface area contributed by atoms with Gasteiger partial charge in [0.2, 0.25) is 10.0 Å². The molecule has 0 aromatic carbocycles. The van der Waals surface area contributed by atoms with Gasteiger partial charge in [0.15, 0.2) is 0 Å². The van der Waals surface area contributed by atoms with Crippen LogP contribution in [0.15, 0.2) is 0 Å². The summed E-state index contributed by atoms with van der Waals surface area (Å²) < 4.78 is 23.4. The Morgan fingerprint density at radius 1 is 1.50 bits per heavy atom. The predicted molar refractivity (Wildman–Crippen MR) is 39.1 cm³/mol. The topological polar surface area (TPSA) is 66.4 Å². The van der Waals surface area contributed by atoms with Crippen molar-refractivity contribution in [1.29, 1.82) is 0 Å². The standard InChI is InChI=1S/C5H13NO3S/c1-5(2,4-7)6-10(3,8)9/h6-7H,4H2,1-3H3. The molecule has 0 aromatic rings. The Labute approximate surface area is 61.3 Å². The van der Waals surface area contributed by atoms with Crippen molar-refractivity contribution in [2.24, 2.45) is 0 Å². The van der Waals surface area contributed by atoms with Crippen molar-refractivity contribution in [3.05, 3.63) is 0 Å². The quantitative estimate of drug-likeness (QED) is 0.584. The summed E-state index contributed by atoms with van der Waals surface area (Å²) in [5.41, 5.74) is -0.756. The highest BCUT2D eigenvalue weighted by molar-refractivity contribution is 7.88. The van der Waals surface area contributed by atoms with Gasteiger partial charge in [-0.15, -0.1) is 0 Å². The van der Waals surface area contributed by atoms with Gasteiger partial charge in [0, 0.05) is 0 Å². The average Bonchev–Trinajstić information content (AvgIpc) is 1.60. The zero-order valence-corrected chi connectivity index (χ0v) is 7.20. The molecule has 4 nitrogen and oxygen atoms in total. The van der Waals surface area contributed by atoms with Crippen LogP contribution in [-0.4, -0.2) is 31.9 Å². The monoisotopic (exact) mass is 167 g/mol. The second-order valence-corrected chi connectivity index (χ2v) is 4.66. The van der Waals surface area contributed by atoms with Crippen molar-refractivity contribution in [2.45, 2.75) is 19.4 Å². The summed E-state index contributed by atoms with van der Waals surface area (Å²) in [6, 6.07) is 0. The molecule has 0 fully saturated rings. The maximum absolute atomic E-state index is 10.6. The summed E-state index contributed by atoms with van der Waals surface area (Å²) in [6.07, 6.45) is 1.06. The number of aliphatic hydroxyl groups excluding tert-OH is 1. The highest BCUT2D eigenvalue weighted by Gasteiger charge is 2.20. The maximum Gasteiger partial charge on any atom is 0.209 e. The molecule has 0 spiro atoms. The highest BCUT2D eigenvalue weighted by atomic mass is 32.2. The van der Waals surface area contributed by atoms with Gasteiger partial charge in [-0.2, -0.15) is 0 Å². The number of sulfonamides is 1. The van der Waals surface area contributed by atoms with Crippen molar-refractivity contribution < 1.29 is 13.5 Å². The minimum atomic E-state index is -3.20. The minimum absolute atomic E-state index is 0.208. The summed E-state index contributed by atoms with van der Waals surface area (Å²) in [5, 5.41) is 8.63. The molecule has 0 amide bonds. The van der Waals surface area contributed by atoms with Gasteiger partial charge < -0.3 is 5.11 Å². The number of nitrogens with one attached hydrogen (secondary N) is 1. The van der Waals surface area contributed by atoms with Crippen molar-refractivity contribution in [2.75, 3.05) is 12.9 Å². The summed E-state index contributed by atoms with van der Waals surface area (Å²) in [5.74, 6) is 0. The third-order valence-electron chi connectivity index (χ3n) is 0.857. The smallest absolute Gasteiger partial charge is 0.209 e. The molecule has 5 heteroatoms. The molecule has 2 N–H and O–H groups in total. The third-order valence-corrected chi connectivity index (χ3v) is 1.78. The first-order valence-corrected chi connectivity index (χ1v) is 4.76. The van der Waals surface area contributed by atoms with Crippen LogP contribution in [0.4, 0.5) is 0 Å². The fraction of sp³-hybridized carbons (Fsp3) is 1.00. The lowest BCUT2D eigenvalue weighted by Gasteiger charge is -2.21. The summed E-state index contributed by atoms with van der Waals surface area (Å²) in [4.78, 5) is 0. The molecule has 0 aromatic heterocycles. The molecule has 0 radical (unpaired) electrons. The molecule has 10 heavy (non-hydrogen) atoms. The van der Waals surface area contributed by atoms with Crippen molar-refractivity contribution in [3.63, 3.8) is 0 Å². The van der Waals surface area contributed by atoms with E-state index in [1.165, 1.54) is 0 Å². The summed E-state index contributed by atoms with van der Waals surface area (Å²) >= 11 is 0. The zero-order valence-electron chi connectivity index (χ0n) is 6.38. The normalized spacial score (nSPS) is 13.6. The van der Waals surface area contributed by atoms with E-state index in [9.17, 15) is 8.42 Å². The highest BCUT2D eigenvalue weighted by Crippen LogP contribution is 2.00. The molecular weight excluding hydrogens is 154 g/mol. The largest absolute Gasteiger partial charge is 0.394 e. The van der Waals surface area contributed by atoms with E-state index in [0.717, 1.165) is 6.26 Å². The average molecular weight is 167 g/mol. The Kier molecular flexibility index (Phi) is 2.82. The van der Waals surface area contributed by atoms with E-state index in [0.29, 0.717) is 0 Å². The van der Waals surface area contributed by atoms with Crippen LogP contribution in [-0.2, 0) is 10.0 Å². The zero-order chi connectivity index (χ0) is 8.41. The van der Waals surface area contributed by atoms with E-state index >= 15 is 0 Å². The first kappa shape index (κ1) is 9.87. The van der Waals surface area contributed by atoms with Crippen LogP contribution in [0.2, 0.25) is 0 Å². The van der Waals surface area contributed by atoms with E-state index in [1.807, 2.05) is 0 Å². The lowest BCUT2D eigenvalue weighted by molar-refractivity contribution is 0.208. The number of aliphatic hydroxyl groups is 1. The van der Waals surface area contributed by atoms with Crippen LogP contribution in [0, 0.1) is 0 Å². The molecule has 62 valence electrons. The van der Waals surface area contributed by atoms with Crippen LogP contribution in [0.5, 0.6) is 0 Å². The number of rotatable bonds is 3. The van der Waals surface area contributed by atoms with Crippen LogP contribution >= 0.6 is 0 Å². The second kappa shape index (κ2) is 2.86. The van der Waals surface area contributed by atoms with Gasteiger partial charge in [-0.1, -0.05) is 0 Å². The van der Waals surface area contributed by atoms with Crippen LogP contribution < -0.4 is 4.72 Å². The first-order chi connectivity index (χ1) is 4.27. The SMILES string of the molecule is CC(C)(CO)NS(C)(=O)=O. The Morgan fingerprint density at radius 3 is 2.00 bits per heavy atom. The Hall–Kier alpha value is -0.130. The summed E-state index contributed by atoms with van der Waals surface area (Å²) in [6.45, 7) is 3.00. The first-order valence-electron chi connectivity index (χ1n) is 2.87. The Morgan fingerprint density at radius 2 is 1.90 bits per heavy atom. The Balaban J connectivity index is 4.16. The molecule has 0 unspecified atom stereocenters. The molecular formula is C5H13NO3S. The lowest BCUT2D eigenvalue weighted by atomic mass is 10.1. The van der Waals surface area contributed by atoms with Gasteiger partial charge in [0.05, 0.1) is 18.4 Å². The minimum Gasteiger partial charge on any atom is -0.394 e. The van der Waals surface area contributed by atoms with E-state index in [1.54, 1.807) is 13.8 Å². The summed E-state index contributed by atoms with van der Waals surface area (Å²) in [7, 11) is -3.20. The van der Waals surface area contributed by atoms with Gasteiger partial charge in [-0.05, 0) is 13.8 Å². The molecule has 0 saturated heterocycles. The van der Waals surface area contributed by atoms with Crippen molar-refractivity contribution in [3.8, 4) is 0 Å². The predicted octanol–water partition coefficient (Wildman–Crippen LogP) is -0.694. The van der Waals surface area contributed by atoms with E-state index in [-0.39, 0.29) is 6.61 Å². The molecule has 0 heterocycles.